The summed E-state index contributed by atoms with van der Waals surface area (Å²) in [4.78, 5) is 19.4. The maximum atomic E-state index is 12.6. The number of pyridine rings is 1. The number of carbonyl (C=O) groups is 1. The van der Waals surface area contributed by atoms with Gasteiger partial charge in [-0.25, -0.2) is 0 Å². The van der Waals surface area contributed by atoms with E-state index >= 15 is 0 Å². The number of aryl methyl sites for hydroxylation is 1. The van der Waals surface area contributed by atoms with Gasteiger partial charge in [0.25, 0.3) is 5.91 Å². The largest absolute Gasteiger partial charge is 0.492 e. The Morgan fingerprint density at radius 2 is 2.36 bits per heavy atom. The minimum absolute atomic E-state index is 0.138. The van der Waals surface area contributed by atoms with Crippen LogP contribution in [0.3, 0.4) is 0 Å². The highest BCUT2D eigenvalue weighted by atomic mass is 32.1. The maximum Gasteiger partial charge on any atom is 0.264 e. The maximum absolute atomic E-state index is 12.6. The molecule has 2 aliphatic rings. The van der Waals surface area contributed by atoms with Crippen molar-refractivity contribution in [2.24, 2.45) is 5.92 Å². The molecule has 0 saturated carbocycles. The summed E-state index contributed by atoms with van der Waals surface area (Å²) in [5.41, 5.74) is 0.892. The van der Waals surface area contributed by atoms with Gasteiger partial charge in [0, 0.05) is 12.8 Å². The fourth-order valence-corrected chi connectivity index (χ4v) is 4.66. The molecule has 2 fully saturated rings. The summed E-state index contributed by atoms with van der Waals surface area (Å²) in [5.74, 6) is 1.38. The summed E-state index contributed by atoms with van der Waals surface area (Å²) >= 11 is 1.52. The number of rotatable bonds is 5. The molecule has 2 saturated heterocycles. The molecule has 0 aromatic carbocycles. The second-order valence-electron chi connectivity index (χ2n) is 6.82. The van der Waals surface area contributed by atoms with E-state index in [1.54, 1.807) is 12.4 Å². The average Bonchev–Trinajstić information content (AvgIpc) is 3.20. The van der Waals surface area contributed by atoms with Crippen LogP contribution in [0.1, 0.15) is 28.1 Å². The molecule has 4 rings (SSSR count). The van der Waals surface area contributed by atoms with Crippen LogP contribution < -0.4 is 4.74 Å². The SMILES string of the molecule is Cc1ccsc1C(=O)N1CC2(C1)OCCC2CCOc1cccnc1. The highest BCUT2D eigenvalue weighted by molar-refractivity contribution is 7.12. The van der Waals surface area contributed by atoms with E-state index in [-0.39, 0.29) is 11.5 Å². The number of likely N-dealkylation sites (tertiary alicyclic amines) is 1. The first kappa shape index (κ1) is 16.5. The Morgan fingerprint density at radius 3 is 3.08 bits per heavy atom. The highest BCUT2D eigenvalue weighted by Gasteiger charge is 2.54. The Labute approximate surface area is 151 Å². The number of amides is 1. The van der Waals surface area contributed by atoms with Gasteiger partial charge < -0.3 is 14.4 Å². The van der Waals surface area contributed by atoms with Crippen molar-refractivity contribution in [3.05, 3.63) is 46.4 Å². The summed E-state index contributed by atoms with van der Waals surface area (Å²) in [6.45, 7) is 4.81. The Kier molecular flexibility index (Phi) is 4.48. The summed E-state index contributed by atoms with van der Waals surface area (Å²) < 4.78 is 11.8. The lowest BCUT2D eigenvalue weighted by Crippen LogP contribution is -2.66. The molecule has 0 radical (unpaired) electrons. The van der Waals surface area contributed by atoms with Crippen molar-refractivity contribution < 1.29 is 14.3 Å². The first-order valence-corrected chi connectivity index (χ1v) is 9.56. The standard InChI is InChI=1S/C19H22N2O3S/c1-14-6-10-25-17(14)18(22)21-12-19(13-21)15(5-9-24-19)4-8-23-16-3-2-7-20-11-16/h2-3,6-7,10-11,15H,4-5,8-9,12-13H2,1H3. The predicted molar refractivity (Wildman–Crippen MR) is 96.1 cm³/mol. The van der Waals surface area contributed by atoms with Gasteiger partial charge in [-0.05, 0) is 54.8 Å². The fraction of sp³-hybridized carbons (Fsp3) is 0.474. The topological polar surface area (TPSA) is 51.7 Å². The van der Waals surface area contributed by atoms with Crippen molar-refractivity contribution in [1.82, 2.24) is 9.88 Å². The summed E-state index contributed by atoms with van der Waals surface area (Å²) in [6, 6.07) is 5.79. The molecule has 1 spiro atoms. The Bertz CT molecular complexity index is 740. The first-order chi connectivity index (χ1) is 12.2. The van der Waals surface area contributed by atoms with Crippen LogP contribution in [0.15, 0.2) is 36.0 Å². The second-order valence-corrected chi connectivity index (χ2v) is 7.73. The zero-order valence-corrected chi connectivity index (χ0v) is 15.1. The van der Waals surface area contributed by atoms with Gasteiger partial charge in [0.05, 0.1) is 30.8 Å². The number of aromatic nitrogens is 1. The van der Waals surface area contributed by atoms with Crippen molar-refractivity contribution in [3.63, 3.8) is 0 Å². The minimum Gasteiger partial charge on any atom is -0.492 e. The summed E-state index contributed by atoms with van der Waals surface area (Å²) in [7, 11) is 0. The van der Waals surface area contributed by atoms with E-state index in [1.807, 2.05) is 35.4 Å². The van der Waals surface area contributed by atoms with Crippen LogP contribution in [0.4, 0.5) is 0 Å². The Morgan fingerprint density at radius 1 is 1.48 bits per heavy atom. The summed E-state index contributed by atoms with van der Waals surface area (Å²) in [5, 5.41) is 1.97. The van der Waals surface area contributed by atoms with Crippen LogP contribution in [-0.2, 0) is 4.74 Å². The van der Waals surface area contributed by atoms with Gasteiger partial charge in [-0.2, -0.15) is 0 Å². The molecule has 1 unspecified atom stereocenters. The Hall–Kier alpha value is -1.92. The van der Waals surface area contributed by atoms with E-state index in [1.165, 1.54) is 11.3 Å². The van der Waals surface area contributed by atoms with Gasteiger partial charge >= 0.3 is 0 Å². The van der Waals surface area contributed by atoms with Crippen molar-refractivity contribution in [1.29, 1.82) is 0 Å². The zero-order chi connectivity index (χ0) is 17.3. The number of ether oxygens (including phenoxy) is 2. The molecular formula is C19H22N2O3S. The zero-order valence-electron chi connectivity index (χ0n) is 14.3. The van der Waals surface area contributed by atoms with Gasteiger partial charge in [0.2, 0.25) is 0 Å². The van der Waals surface area contributed by atoms with Gasteiger partial charge in [-0.1, -0.05) is 0 Å². The molecule has 1 amide bonds. The molecule has 6 heteroatoms. The van der Waals surface area contributed by atoms with E-state index in [0.29, 0.717) is 25.6 Å². The van der Waals surface area contributed by atoms with Gasteiger partial charge in [-0.3, -0.25) is 9.78 Å². The van der Waals surface area contributed by atoms with E-state index in [9.17, 15) is 4.79 Å². The van der Waals surface area contributed by atoms with Gasteiger partial charge in [0.15, 0.2) is 0 Å². The lowest BCUT2D eigenvalue weighted by molar-refractivity contribution is -0.119. The predicted octanol–water partition coefficient (Wildman–Crippen LogP) is 3.15. The van der Waals surface area contributed by atoms with Crippen LogP contribution in [0.25, 0.3) is 0 Å². The second kappa shape index (κ2) is 6.77. The van der Waals surface area contributed by atoms with Crippen molar-refractivity contribution in [3.8, 4) is 5.75 Å². The summed E-state index contributed by atoms with van der Waals surface area (Å²) in [6.07, 6.45) is 5.45. The number of hydrogen-bond acceptors (Lipinski definition) is 5. The molecule has 2 aromatic heterocycles. The molecule has 1 atom stereocenters. The molecule has 0 bridgehead atoms. The van der Waals surface area contributed by atoms with Crippen LogP contribution in [-0.4, -0.2) is 47.7 Å². The van der Waals surface area contributed by atoms with Gasteiger partial charge in [-0.15, -0.1) is 11.3 Å². The number of carbonyl (C=O) groups excluding carboxylic acids is 1. The number of hydrogen-bond donors (Lipinski definition) is 0. The third-order valence-corrected chi connectivity index (χ3v) is 6.23. The highest BCUT2D eigenvalue weighted by Crippen LogP contribution is 2.42. The number of nitrogens with zero attached hydrogens (tertiary/aromatic N) is 2. The van der Waals surface area contributed by atoms with Crippen molar-refractivity contribution in [2.75, 3.05) is 26.3 Å². The van der Waals surface area contributed by atoms with E-state index in [4.69, 9.17) is 9.47 Å². The molecule has 4 heterocycles. The molecule has 0 N–H and O–H groups in total. The molecule has 0 aliphatic carbocycles. The molecule has 2 aromatic rings. The van der Waals surface area contributed by atoms with Crippen LogP contribution in [0, 0.1) is 12.8 Å². The lowest BCUT2D eigenvalue weighted by Gasteiger charge is -2.50. The van der Waals surface area contributed by atoms with E-state index in [0.717, 1.165) is 35.6 Å². The third-order valence-electron chi connectivity index (χ3n) is 5.23. The number of thiophene rings is 1. The average molecular weight is 358 g/mol. The quantitative estimate of drug-likeness (QED) is 0.824. The van der Waals surface area contributed by atoms with Gasteiger partial charge in [0.1, 0.15) is 11.4 Å². The molecule has 132 valence electrons. The van der Waals surface area contributed by atoms with Crippen LogP contribution in [0.2, 0.25) is 0 Å². The molecule has 5 nitrogen and oxygen atoms in total. The molecule has 25 heavy (non-hydrogen) atoms. The van der Waals surface area contributed by atoms with Crippen LogP contribution >= 0.6 is 11.3 Å². The Balaban J connectivity index is 1.32. The molecular weight excluding hydrogens is 336 g/mol. The van der Waals surface area contributed by atoms with E-state index in [2.05, 4.69) is 4.98 Å². The van der Waals surface area contributed by atoms with Crippen LogP contribution in [0.5, 0.6) is 5.75 Å². The first-order valence-electron chi connectivity index (χ1n) is 8.68. The minimum atomic E-state index is -0.168. The van der Waals surface area contributed by atoms with E-state index < -0.39 is 0 Å². The molecule has 2 aliphatic heterocycles. The third kappa shape index (κ3) is 3.16. The normalized spacial score (nSPS) is 21.3. The fourth-order valence-electron chi connectivity index (χ4n) is 3.77. The lowest BCUT2D eigenvalue weighted by atomic mass is 9.79. The van der Waals surface area contributed by atoms with Crippen molar-refractivity contribution >= 4 is 17.2 Å². The smallest absolute Gasteiger partial charge is 0.264 e. The van der Waals surface area contributed by atoms with Crippen molar-refractivity contribution in [2.45, 2.75) is 25.4 Å². The monoisotopic (exact) mass is 358 g/mol.